The van der Waals surface area contributed by atoms with Crippen LogP contribution in [0.15, 0.2) is 30.3 Å². The van der Waals surface area contributed by atoms with E-state index in [0.29, 0.717) is 165 Å². The molecule has 0 amide bonds. The van der Waals surface area contributed by atoms with Gasteiger partial charge < -0.3 is 75.8 Å². The van der Waals surface area contributed by atoms with Crippen molar-refractivity contribution in [2.75, 3.05) is 187 Å². The second kappa shape index (κ2) is 41.2. The molecule has 0 spiro atoms. The van der Waals surface area contributed by atoms with Crippen LogP contribution in [0.3, 0.4) is 0 Å². The van der Waals surface area contributed by atoms with Crippen molar-refractivity contribution in [3.63, 3.8) is 0 Å². The summed E-state index contributed by atoms with van der Waals surface area (Å²) in [5.41, 5.74) is 1.16. The van der Waals surface area contributed by atoms with Gasteiger partial charge in [-0.3, -0.25) is 0 Å². The van der Waals surface area contributed by atoms with Gasteiger partial charge in [-0.15, -0.1) is 0 Å². The molecule has 0 aromatic heterocycles. The van der Waals surface area contributed by atoms with Crippen LogP contribution in [-0.2, 0) is 82.4 Å². The van der Waals surface area contributed by atoms with Crippen LogP contribution in [0, 0.1) is 0 Å². The molecule has 0 radical (unpaired) electrons. The maximum Gasteiger partial charge on any atom is 0.104 e. The average Bonchev–Trinajstić information content (AvgIpc) is 3.20. The van der Waals surface area contributed by atoms with Crippen LogP contribution in [0.4, 0.5) is 0 Å². The molecule has 0 aliphatic heterocycles. The van der Waals surface area contributed by atoms with Crippen molar-refractivity contribution >= 4 is 0 Å². The molecule has 3 atom stereocenters. The summed E-state index contributed by atoms with van der Waals surface area (Å²) < 4.78 is 88.0. The lowest BCUT2D eigenvalue weighted by molar-refractivity contribution is -0.0919. The Kier molecular flexibility index (Phi) is 38.6. The van der Waals surface area contributed by atoms with Crippen molar-refractivity contribution in [3.05, 3.63) is 35.9 Å². The molecule has 1 aromatic rings. The van der Waals surface area contributed by atoms with Gasteiger partial charge in [0.1, 0.15) is 18.3 Å². The van der Waals surface area contributed by atoms with Gasteiger partial charge in [0.05, 0.1) is 165 Å². The summed E-state index contributed by atoms with van der Waals surface area (Å²) in [6.45, 7) is 12.0. The molecule has 1 rings (SSSR count). The van der Waals surface area contributed by atoms with Crippen molar-refractivity contribution in [3.8, 4) is 0 Å². The third-order valence-corrected chi connectivity index (χ3v) is 7.33. The highest BCUT2D eigenvalue weighted by atomic mass is 16.6. The van der Waals surface area contributed by atoms with Crippen LogP contribution >= 0.6 is 0 Å². The van der Waals surface area contributed by atoms with Gasteiger partial charge in [-0.1, -0.05) is 30.3 Å². The van der Waals surface area contributed by atoms with E-state index in [-0.39, 0.29) is 18.3 Å². The van der Waals surface area contributed by atoms with Crippen LogP contribution in [-0.4, -0.2) is 205 Å². The molecule has 0 N–H and O–H groups in total. The van der Waals surface area contributed by atoms with Crippen molar-refractivity contribution in [1.82, 2.24) is 0 Å². The number of rotatable bonds is 44. The zero-order chi connectivity index (χ0) is 38.8. The number of ether oxygens (including phenoxy) is 16. The van der Waals surface area contributed by atoms with E-state index in [9.17, 15) is 0 Å². The Bertz CT molecular complexity index is 858. The van der Waals surface area contributed by atoms with Crippen LogP contribution in [0.1, 0.15) is 5.56 Å². The van der Waals surface area contributed by atoms with E-state index in [1.54, 1.807) is 28.4 Å². The lowest BCUT2D eigenvalue weighted by atomic mass is 10.2. The van der Waals surface area contributed by atoms with E-state index in [1.165, 1.54) is 0 Å². The van der Waals surface area contributed by atoms with Gasteiger partial charge in [0.2, 0.25) is 0 Å². The monoisotopic (exact) mass is 782 g/mol. The molecule has 0 saturated heterocycles. The predicted molar refractivity (Wildman–Crippen MR) is 199 cm³/mol. The highest BCUT2D eigenvalue weighted by Crippen LogP contribution is 2.01. The minimum atomic E-state index is -0.203. The highest BCUT2D eigenvalue weighted by Gasteiger charge is 2.14. The maximum absolute atomic E-state index is 5.75. The zero-order valence-corrected chi connectivity index (χ0v) is 33.3. The van der Waals surface area contributed by atoms with Crippen molar-refractivity contribution in [2.45, 2.75) is 24.9 Å². The van der Waals surface area contributed by atoms with Gasteiger partial charge in [-0.05, 0) is 5.56 Å². The Labute approximate surface area is 323 Å². The fourth-order valence-electron chi connectivity index (χ4n) is 4.26. The van der Waals surface area contributed by atoms with Crippen molar-refractivity contribution < 1.29 is 75.8 Å². The first-order chi connectivity index (χ1) is 26.7. The summed E-state index contributed by atoms with van der Waals surface area (Å²) >= 11 is 0. The first-order valence-corrected chi connectivity index (χ1v) is 18.8. The summed E-state index contributed by atoms with van der Waals surface area (Å²) in [5, 5.41) is 0. The molecule has 0 aliphatic rings. The molecule has 0 aliphatic carbocycles. The van der Waals surface area contributed by atoms with Crippen LogP contribution in [0.5, 0.6) is 0 Å². The quantitative estimate of drug-likeness (QED) is 0.0890. The Morgan fingerprint density at radius 1 is 0.315 bits per heavy atom. The summed E-state index contributed by atoms with van der Waals surface area (Å²) in [7, 11) is 6.50. The zero-order valence-electron chi connectivity index (χ0n) is 33.3. The standard InChI is InChI=1S/C38H70O16/c1-39-29-36(40-2)31-53-33-38(42-4)34-54-32-37(41-3)30-52-27-25-50-23-21-48-19-17-46-15-13-44-11-10-43-12-14-45-16-18-47-20-22-49-24-26-51-28-35-8-6-5-7-9-35/h5-9,36-38H,10-34H2,1-4H3. The molecular formula is C38H70O16. The fourth-order valence-corrected chi connectivity index (χ4v) is 4.26. The molecule has 0 saturated carbocycles. The third-order valence-electron chi connectivity index (χ3n) is 7.33. The van der Waals surface area contributed by atoms with Crippen LogP contribution in [0.25, 0.3) is 0 Å². The molecule has 0 fully saturated rings. The first-order valence-electron chi connectivity index (χ1n) is 18.8. The highest BCUT2D eigenvalue weighted by molar-refractivity contribution is 5.13. The second-order valence-corrected chi connectivity index (χ2v) is 11.6. The summed E-state index contributed by atoms with van der Waals surface area (Å²) in [4.78, 5) is 0. The van der Waals surface area contributed by atoms with Gasteiger partial charge >= 0.3 is 0 Å². The van der Waals surface area contributed by atoms with E-state index >= 15 is 0 Å². The SMILES string of the molecule is COCC(COCC(COCC(COCCOCCOCCOCCOCCOCCOCCOCCOCCOCc1ccccc1)OC)OC)OC. The molecular weight excluding hydrogens is 712 g/mol. The third kappa shape index (κ3) is 33.9. The van der Waals surface area contributed by atoms with E-state index in [0.717, 1.165) is 5.56 Å². The molecule has 3 unspecified atom stereocenters. The minimum absolute atomic E-state index is 0.120. The lowest BCUT2D eigenvalue weighted by Gasteiger charge is -2.20. The van der Waals surface area contributed by atoms with Gasteiger partial charge in [0.25, 0.3) is 0 Å². The number of hydrogen-bond acceptors (Lipinski definition) is 16. The molecule has 16 heteroatoms. The normalized spacial score (nSPS) is 13.4. The molecule has 54 heavy (non-hydrogen) atoms. The van der Waals surface area contributed by atoms with Gasteiger partial charge in [-0.2, -0.15) is 0 Å². The predicted octanol–water partition coefficient (Wildman–Crippen LogP) is 2.08. The van der Waals surface area contributed by atoms with Crippen molar-refractivity contribution in [1.29, 1.82) is 0 Å². The molecule has 0 bridgehead atoms. The molecule has 16 nitrogen and oxygen atoms in total. The number of benzene rings is 1. The minimum Gasteiger partial charge on any atom is -0.382 e. The number of hydrogen-bond donors (Lipinski definition) is 0. The van der Waals surface area contributed by atoms with E-state index < -0.39 is 0 Å². The molecule has 0 heterocycles. The Morgan fingerprint density at radius 2 is 0.593 bits per heavy atom. The lowest BCUT2D eigenvalue weighted by Crippen LogP contribution is -2.31. The average molecular weight is 783 g/mol. The van der Waals surface area contributed by atoms with E-state index in [2.05, 4.69) is 0 Å². The second-order valence-electron chi connectivity index (χ2n) is 11.6. The van der Waals surface area contributed by atoms with E-state index in [1.807, 2.05) is 30.3 Å². The smallest absolute Gasteiger partial charge is 0.104 e. The first kappa shape index (κ1) is 50.6. The summed E-state index contributed by atoms with van der Waals surface area (Å²) in [6, 6.07) is 10.1. The van der Waals surface area contributed by atoms with Crippen LogP contribution < -0.4 is 0 Å². The van der Waals surface area contributed by atoms with Crippen LogP contribution in [0.2, 0.25) is 0 Å². The number of methoxy groups -OCH3 is 4. The van der Waals surface area contributed by atoms with Gasteiger partial charge in [-0.25, -0.2) is 0 Å². The summed E-state index contributed by atoms with van der Waals surface area (Å²) in [6.07, 6.45) is -0.524. The van der Waals surface area contributed by atoms with Crippen molar-refractivity contribution in [2.24, 2.45) is 0 Å². The topological polar surface area (TPSA) is 148 Å². The Balaban J connectivity index is 1.73. The summed E-state index contributed by atoms with van der Waals surface area (Å²) in [5.74, 6) is 0. The maximum atomic E-state index is 5.75. The largest absolute Gasteiger partial charge is 0.382 e. The van der Waals surface area contributed by atoms with Gasteiger partial charge in [0.15, 0.2) is 0 Å². The van der Waals surface area contributed by atoms with Gasteiger partial charge in [0, 0.05) is 28.4 Å². The Morgan fingerprint density at radius 3 is 0.907 bits per heavy atom. The Hall–Kier alpha value is -1.42. The molecule has 318 valence electrons. The molecule has 1 aromatic carbocycles. The van der Waals surface area contributed by atoms with E-state index in [4.69, 9.17) is 75.8 Å². The fraction of sp³-hybridized carbons (Fsp3) is 0.842.